The minimum Gasteiger partial charge on any atom is -0.477 e. The van der Waals surface area contributed by atoms with Crippen molar-refractivity contribution < 1.29 is 9.90 Å². The van der Waals surface area contributed by atoms with E-state index in [1.165, 1.54) is 10.9 Å². The fourth-order valence-electron chi connectivity index (χ4n) is 2.45. The van der Waals surface area contributed by atoms with Gasteiger partial charge in [-0.25, -0.2) is 4.79 Å². The number of nitrogens with two attached hydrogens (primary N) is 1. The lowest BCUT2D eigenvalue weighted by Gasteiger charge is -2.05. The molecule has 3 aromatic rings. The molecule has 0 spiro atoms. The third-order valence-corrected chi connectivity index (χ3v) is 3.68. The minimum atomic E-state index is -1.10. The number of nitrogen functional groups attached to an aromatic ring is 1. The van der Waals surface area contributed by atoms with E-state index in [0.717, 1.165) is 11.1 Å². The van der Waals surface area contributed by atoms with Gasteiger partial charge in [0.1, 0.15) is 5.56 Å². The van der Waals surface area contributed by atoms with Crippen LogP contribution in [0.15, 0.2) is 53.6 Å². The largest absolute Gasteiger partial charge is 0.477 e. The summed E-state index contributed by atoms with van der Waals surface area (Å²) < 4.78 is 1.50. The molecular weight excluding hydrogens is 308 g/mol. The number of anilines is 1. The summed E-state index contributed by atoms with van der Waals surface area (Å²) >= 11 is 0. The van der Waals surface area contributed by atoms with Crippen LogP contribution in [0.4, 0.5) is 5.82 Å². The molecule has 4 N–H and O–H groups in total. The van der Waals surface area contributed by atoms with Crippen molar-refractivity contribution in [2.24, 2.45) is 0 Å². The molecule has 0 aliphatic rings. The maximum absolute atomic E-state index is 11.7. The van der Waals surface area contributed by atoms with Gasteiger partial charge in [0, 0.05) is 24.4 Å². The lowest BCUT2D eigenvalue weighted by molar-refractivity contribution is 0.0698. The van der Waals surface area contributed by atoms with Gasteiger partial charge in [0.2, 0.25) is 0 Å². The van der Waals surface area contributed by atoms with E-state index in [2.05, 4.69) is 10.1 Å². The Balaban J connectivity index is 1.73. The molecule has 0 saturated carbocycles. The molecule has 0 unspecified atom stereocenters. The summed E-state index contributed by atoms with van der Waals surface area (Å²) in [5.74, 6) is -1.09. The van der Waals surface area contributed by atoms with E-state index in [1.807, 2.05) is 24.3 Å². The maximum Gasteiger partial charge on any atom is 0.341 e. The van der Waals surface area contributed by atoms with E-state index in [4.69, 9.17) is 10.8 Å². The van der Waals surface area contributed by atoms with Crippen LogP contribution in [0.3, 0.4) is 0 Å². The molecule has 2 heterocycles. The molecule has 122 valence electrons. The van der Waals surface area contributed by atoms with Gasteiger partial charge >= 0.3 is 5.97 Å². The van der Waals surface area contributed by atoms with Crippen molar-refractivity contribution >= 4 is 11.8 Å². The Hall–Kier alpha value is -3.35. The lowest BCUT2D eigenvalue weighted by Crippen LogP contribution is -2.11. The van der Waals surface area contributed by atoms with Gasteiger partial charge in [-0.1, -0.05) is 30.3 Å². The second-order valence-electron chi connectivity index (χ2n) is 5.45. The number of carbonyl (C=O) groups is 1. The number of aromatic nitrogens is 3. The highest BCUT2D eigenvalue weighted by Gasteiger charge is 2.12. The van der Waals surface area contributed by atoms with E-state index in [9.17, 15) is 9.59 Å². The highest BCUT2D eigenvalue weighted by atomic mass is 16.4. The van der Waals surface area contributed by atoms with Gasteiger partial charge in [-0.15, -0.1) is 0 Å². The van der Waals surface area contributed by atoms with Crippen molar-refractivity contribution in [3.8, 4) is 0 Å². The van der Waals surface area contributed by atoms with Gasteiger partial charge in [-0.2, -0.15) is 5.10 Å². The summed E-state index contributed by atoms with van der Waals surface area (Å²) in [6.07, 6.45) is 3.57. The zero-order chi connectivity index (χ0) is 17.1. The van der Waals surface area contributed by atoms with E-state index in [-0.39, 0.29) is 16.9 Å². The van der Waals surface area contributed by atoms with Crippen molar-refractivity contribution in [1.29, 1.82) is 0 Å². The first-order valence-electron chi connectivity index (χ1n) is 7.33. The lowest BCUT2D eigenvalue weighted by atomic mass is 10.0. The maximum atomic E-state index is 11.7. The first-order valence-corrected chi connectivity index (χ1v) is 7.33. The smallest absolute Gasteiger partial charge is 0.341 e. The highest BCUT2D eigenvalue weighted by Crippen LogP contribution is 2.13. The van der Waals surface area contributed by atoms with Gasteiger partial charge in [0.15, 0.2) is 5.82 Å². The first-order chi connectivity index (χ1) is 11.5. The van der Waals surface area contributed by atoms with Gasteiger partial charge < -0.3 is 15.8 Å². The minimum absolute atomic E-state index is 0.00224. The molecule has 0 atom stereocenters. The third-order valence-electron chi connectivity index (χ3n) is 3.68. The summed E-state index contributed by atoms with van der Waals surface area (Å²) in [6.45, 7) is 0.420. The van der Waals surface area contributed by atoms with Gasteiger partial charge in [0.25, 0.3) is 5.56 Å². The van der Waals surface area contributed by atoms with Crippen LogP contribution in [0.1, 0.15) is 27.0 Å². The number of carboxylic acids is 1. The highest BCUT2D eigenvalue weighted by molar-refractivity contribution is 5.92. The fraction of sp³-hybridized carbons (Fsp3) is 0.118. The number of pyridine rings is 1. The molecule has 0 bridgehead atoms. The Labute approximate surface area is 137 Å². The van der Waals surface area contributed by atoms with Crippen LogP contribution in [0.2, 0.25) is 0 Å². The second kappa shape index (κ2) is 6.41. The van der Waals surface area contributed by atoms with Gasteiger partial charge in [-0.3, -0.25) is 9.48 Å². The molecule has 0 aliphatic carbocycles. The molecule has 7 nitrogen and oxygen atoms in total. The third kappa shape index (κ3) is 3.35. The number of aromatic carboxylic acids is 1. The summed E-state index contributed by atoms with van der Waals surface area (Å²) in [5, 5.41) is 13.0. The predicted octanol–water partition coefficient (Wildman–Crippen LogP) is 1.49. The molecule has 7 heteroatoms. The van der Waals surface area contributed by atoms with Crippen molar-refractivity contribution in [1.82, 2.24) is 14.8 Å². The van der Waals surface area contributed by atoms with Crippen LogP contribution in [0.5, 0.6) is 0 Å². The summed E-state index contributed by atoms with van der Waals surface area (Å²) in [6, 6.07) is 11.3. The van der Waals surface area contributed by atoms with Crippen LogP contribution < -0.4 is 11.3 Å². The average Bonchev–Trinajstić information content (AvgIpc) is 2.92. The number of benzene rings is 1. The van der Waals surface area contributed by atoms with Crippen LogP contribution >= 0.6 is 0 Å². The van der Waals surface area contributed by atoms with E-state index in [0.29, 0.717) is 18.5 Å². The Morgan fingerprint density at radius 1 is 1.21 bits per heavy atom. The predicted molar refractivity (Wildman–Crippen MR) is 89.0 cm³/mol. The molecule has 1 aromatic carbocycles. The standard InChI is InChI=1S/C17H16N4O3/c18-15-14(17(23)24)10-21(20-15)9-12-5-3-11(4-6-12)8-13-2-1-7-19-16(13)22/h1-7,10H,8-9H2,(H2,18,20)(H,19,22)(H,23,24). The fourth-order valence-corrected chi connectivity index (χ4v) is 2.45. The molecule has 0 saturated heterocycles. The van der Waals surface area contributed by atoms with Crippen LogP contribution in [-0.2, 0) is 13.0 Å². The van der Waals surface area contributed by atoms with Gasteiger partial charge in [-0.05, 0) is 17.2 Å². The second-order valence-corrected chi connectivity index (χ2v) is 5.45. The molecule has 0 amide bonds. The number of nitrogens with zero attached hydrogens (tertiary/aromatic N) is 2. The number of nitrogens with one attached hydrogen (secondary N) is 1. The van der Waals surface area contributed by atoms with Crippen LogP contribution in [-0.4, -0.2) is 25.8 Å². The number of hydrogen-bond acceptors (Lipinski definition) is 4. The first kappa shape index (κ1) is 15.5. The molecule has 0 radical (unpaired) electrons. The monoisotopic (exact) mass is 324 g/mol. The molecule has 24 heavy (non-hydrogen) atoms. The van der Waals surface area contributed by atoms with Crippen molar-refractivity contribution in [3.63, 3.8) is 0 Å². The van der Waals surface area contributed by atoms with Gasteiger partial charge in [0.05, 0.1) is 6.54 Å². The zero-order valence-electron chi connectivity index (χ0n) is 12.8. The van der Waals surface area contributed by atoms with E-state index >= 15 is 0 Å². The Morgan fingerprint density at radius 2 is 1.92 bits per heavy atom. The Kier molecular flexibility index (Phi) is 4.15. The van der Waals surface area contributed by atoms with E-state index < -0.39 is 5.97 Å². The van der Waals surface area contributed by atoms with Crippen molar-refractivity contribution in [2.45, 2.75) is 13.0 Å². The van der Waals surface area contributed by atoms with Crippen LogP contribution in [0, 0.1) is 0 Å². The Morgan fingerprint density at radius 3 is 2.54 bits per heavy atom. The molecule has 2 aromatic heterocycles. The van der Waals surface area contributed by atoms with Crippen molar-refractivity contribution in [3.05, 3.63) is 81.4 Å². The summed E-state index contributed by atoms with van der Waals surface area (Å²) in [5.41, 5.74) is 8.16. The normalized spacial score (nSPS) is 10.7. The SMILES string of the molecule is Nc1nn(Cc2ccc(Cc3ccc[nH]c3=O)cc2)cc1C(=O)O. The average molecular weight is 324 g/mol. The number of hydrogen-bond donors (Lipinski definition) is 3. The topological polar surface area (TPSA) is 114 Å². The summed E-state index contributed by atoms with van der Waals surface area (Å²) in [7, 11) is 0. The zero-order valence-corrected chi connectivity index (χ0v) is 12.8. The Bertz CT molecular complexity index is 926. The molecule has 0 aliphatic heterocycles. The molecular formula is C17H16N4O3. The van der Waals surface area contributed by atoms with Crippen molar-refractivity contribution in [2.75, 3.05) is 5.73 Å². The molecule has 0 fully saturated rings. The molecule has 3 rings (SSSR count). The number of H-pyrrole nitrogens is 1. The van der Waals surface area contributed by atoms with Crippen LogP contribution in [0.25, 0.3) is 0 Å². The number of carboxylic acid groups (broad SMARTS) is 1. The quantitative estimate of drug-likeness (QED) is 0.658. The number of aromatic amines is 1. The number of rotatable bonds is 5. The summed E-state index contributed by atoms with van der Waals surface area (Å²) in [4.78, 5) is 25.3. The van der Waals surface area contributed by atoms with E-state index in [1.54, 1.807) is 18.3 Å².